The maximum Gasteiger partial charge on any atom is 0.416 e. The van der Waals surface area contributed by atoms with E-state index in [1.165, 1.54) is 59.2 Å². The van der Waals surface area contributed by atoms with Gasteiger partial charge >= 0.3 is 24.7 Å². The van der Waals surface area contributed by atoms with Crippen molar-refractivity contribution in [3.05, 3.63) is 116 Å². The summed E-state index contributed by atoms with van der Waals surface area (Å²) < 4.78 is 162. The Labute approximate surface area is 444 Å². The molecular weight excluding hydrogens is 1100 g/mol. The molecule has 4 heterocycles. The highest BCUT2D eigenvalue weighted by atomic mass is 79.9. The molecule has 2 aromatic carbocycles. The zero-order valence-corrected chi connectivity index (χ0v) is 44.1. The Hall–Kier alpha value is -6.28. The largest absolute Gasteiger partial charge is 0.416 e. The SMILES string of the molecule is CCN(CC1CCCC1)c1ncc(Br)cc1CN(Cc1cc(C(F)(F)F)cc(C(F)(F)F)c1)c1nnn(C)n1.CCN(CC1CCCC1)c1ncccc1CN(Cc1cc(C(F)(F)F)cc(C(F)(F)F)c1)c1nnn(C)n1. The van der Waals surface area contributed by atoms with E-state index < -0.39 is 47.0 Å². The van der Waals surface area contributed by atoms with Crippen molar-refractivity contribution in [1.82, 2.24) is 50.4 Å². The van der Waals surface area contributed by atoms with Crippen LogP contribution in [0.1, 0.15) is 110 Å². The Morgan fingerprint density at radius 2 is 0.909 bits per heavy atom. The first kappa shape index (κ1) is 58.4. The molecule has 4 aromatic heterocycles. The topological polar surface area (TPSA) is 126 Å². The van der Waals surface area contributed by atoms with E-state index in [-0.39, 0.29) is 61.3 Å². The number of hydrogen-bond donors (Lipinski definition) is 0. The molecule has 418 valence electrons. The molecule has 2 fully saturated rings. The van der Waals surface area contributed by atoms with Gasteiger partial charge in [-0.05, 0) is 137 Å². The predicted octanol–water partition coefficient (Wildman–Crippen LogP) is 12.5. The predicted molar refractivity (Wildman–Crippen MR) is 266 cm³/mol. The van der Waals surface area contributed by atoms with Crippen LogP contribution < -0.4 is 19.6 Å². The van der Waals surface area contributed by atoms with Gasteiger partial charge in [0, 0.05) is 73.8 Å². The first-order valence-electron chi connectivity index (χ1n) is 24.9. The molecule has 14 nitrogen and oxygen atoms in total. The molecule has 0 atom stereocenters. The summed E-state index contributed by atoms with van der Waals surface area (Å²) in [6.07, 6.45) is -7.12. The van der Waals surface area contributed by atoms with E-state index in [4.69, 9.17) is 0 Å². The highest BCUT2D eigenvalue weighted by molar-refractivity contribution is 9.10. The Bertz CT molecular complexity index is 2810. The lowest BCUT2D eigenvalue weighted by Crippen LogP contribution is -2.32. The van der Waals surface area contributed by atoms with Crippen molar-refractivity contribution in [2.24, 2.45) is 25.9 Å². The minimum absolute atomic E-state index is 0.0632. The first-order valence-corrected chi connectivity index (χ1v) is 25.7. The first-order chi connectivity index (χ1) is 36.3. The number of nitrogens with zero attached hydrogens (tertiary/aromatic N) is 14. The Balaban J connectivity index is 0.000000224. The third-order valence-corrected chi connectivity index (χ3v) is 13.8. The Kier molecular flexibility index (Phi) is 18.6. The minimum atomic E-state index is -4.95. The smallest absolute Gasteiger partial charge is 0.356 e. The zero-order chi connectivity index (χ0) is 55.9. The van der Waals surface area contributed by atoms with Crippen LogP contribution in [0.2, 0.25) is 0 Å². The summed E-state index contributed by atoms with van der Waals surface area (Å²) >= 11 is 3.44. The average Bonchev–Trinajstić information content (AvgIpc) is 4.22. The maximum atomic E-state index is 13.5. The zero-order valence-electron chi connectivity index (χ0n) is 42.5. The summed E-state index contributed by atoms with van der Waals surface area (Å²) in [5.74, 6) is 2.64. The van der Waals surface area contributed by atoms with E-state index in [1.807, 2.05) is 26.0 Å². The third-order valence-electron chi connectivity index (χ3n) is 13.4. The summed E-state index contributed by atoms with van der Waals surface area (Å²) in [6.45, 7) is 6.62. The van der Waals surface area contributed by atoms with E-state index in [0.29, 0.717) is 35.2 Å². The quantitative estimate of drug-likeness (QED) is 0.0761. The molecule has 0 saturated heterocycles. The standard InChI is InChI=1S/C25H28BrF6N7.C25H29F6N7/c1-3-38(13-16-6-4-5-7-16)22-18(10-21(26)12-33-22)15-39(23-34-36-37(2)35-23)14-17-8-19(24(27,28)29)11-20(9-17)25(30,31)32;1-3-37(14-17-7-4-5-8-17)22-19(9-6-10-32-22)16-38(23-33-35-36(2)34-23)15-18-11-20(24(26,27)28)13-21(12-18)25(29,30)31/h8-12,16H,3-7,13-15H2,1-2H3;6,9-13,17H,3-5,7-8,14-16H2,1-2H3. The number of aryl methyl sites for hydroxylation is 2. The molecular formula is C50H57BrF12N14. The van der Waals surface area contributed by atoms with Gasteiger partial charge in [0.25, 0.3) is 11.9 Å². The Morgan fingerprint density at radius 1 is 0.519 bits per heavy atom. The molecule has 0 radical (unpaired) electrons. The Morgan fingerprint density at radius 3 is 1.27 bits per heavy atom. The van der Waals surface area contributed by atoms with Crippen LogP contribution in [-0.4, -0.2) is 76.6 Å². The minimum Gasteiger partial charge on any atom is -0.356 e. The number of benzene rings is 2. The second kappa shape index (κ2) is 24.6. The number of alkyl halides is 12. The van der Waals surface area contributed by atoms with E-state index in [2.05, 4.69) is 66.5 Å². The van der Waals surface area contributed by atoms with Crippen LogP contribution in [0.25, 0.3) is 0 Å². The fraction of sp³-hybridized carbons (Fsp3) is 0.520. The van der Waals surface area contributed by atoms with Crippen LogP contribution in [0, 0.1) is 11.8 Å². The lowest BCUT2D eigenvalue weighted by atomic mass is 10.0. The summed E-state index contributed by atoms with van der Waals surface area (Å²) in [4.78, 5) is 18.9. The van der Waals surface area contributed by atoms with E-state index >= 15 is 0 Å². The van der Waals surface area contributed by atoms with Crippen molar-refractivity contribution in [2.45, 2.75) is 116 Å². The van der Waals surface area contributed by atoms with Crippen LogP contribution in [0.5, 0.6) is 0 Å². The third kappa shape index (κ3) is 15.9. The fourth-order valence-corrected chi connectivity index (χ4v) is 10.1. The second-order valence-corrected chi connectivity index (χ2v) is 20.1. The lowest BCUT2D eigenvalue weighted by molar-refractivity contribution is -0.144. The van der Waals surface area contributed by atoms with E-state index in [1.54, 1.807) is 18.5 Å². The van der Waals surface area contributed by atoms with Gasteiger partial charge in [-0.3, -0.25) is 0 Å². The van der Waals surface area contributed by atoms with Crippen LogP contribution in [-0.2, 0) is 65.0 Å². The lowest BCUT2D eigenvalue weighted by Gasteiger charge is -2.29. The van der Waals surface area contributed by atoms with Crippen LogP contribution in [0.4, 0.5) is 76.2 Å². The number of anilines is 4. The summed E-state index contributed by atoms with van der Waals surface area (Å²) in [5.41, 5.74) is -4.38. The van der Waals surface area contributed by atoms with Gasteiger partial charge in [0.15, 0.2) is 0 Å². The molecule has 0 aliphatic heterocycles. The molecule has 2 aliphatic carbocycles. The number of halogens is 13. The van der Waals surface area contributed by atoms with Crippen molar-refractivity contribution >= 4 is 39.5 Å². The number of rotatable bonds is 18. The van der Waals surface area contributed by atoms with E-state index in [0.717, 1.165) is 80.0 Å². The van der Waals surface area contributed by atoms with Gasteiger partial charge in [-0.1, -0.05) is 41.9 Å². The van der Waals surface area contributed by atoms with Crippen LogP contribution in [0.3, 0.4) is 0 Å². The fourth-order valence-electron chi connectivity index (χ4n) is 9.72. The molecule has 0 unspecified atom stereocenters. The highest BCUT2D eigenvalue weighted by Crippen LogP contribution is 2.40. The van der Waals surface area contributed by atoms with Gasteiger partial charge in [-0.2, -0.15) is 62.3 Å². The summed E-state index contributed by atoms with van der Waals surface area (Å²) in [7, 11) is 3.05. The van der Waals surface area contributed by atoms with Gasteiger partial charge < -0.3 is 19.6 Å². The van der Waals surface area contributed by atoms with Gasteiger partial charge in [-0.15, -0.1) is 10.2 Å². The van der Waals surface area contributed by atoms with Gasteiger partial charge in [-0.25, -0.2) is 9.97 Å². The molecule has 8 rings (SSSR count). The number of hydrogen-bond acceptors (Lipinski definition) is 12. The molecule has 0 spiro atoms. The molecule has 0 N–H and O–H groups in total. The number of tetrazole rings is 2. The summed E-state index contributed by atoms with van der Waals surface area (Å²) in [5, 5.41) is 23.9. The number of pyridine rings is 2. The van der Waals surface area contributed by atoms with Crippen molar-refractivity contribution in [1.29, 1.82) is 0 Å². The number of aromatic nitrogens is 10. The molecule has 2 aliphatic rings. The second-order valence-electron chi connectivity index (χ2n) is 19.2. The molecule has 27 heteroatoms. The van der Waals surface area contributed by atoms with Crippen molar-refractivity contribution in [2.75, 3.05) is 45.8 Å². The van der Waals surface area contributed by atoms with Crippen molar-refractivity contribution in [3.8, 4) is 0 Å². The summed E-state index contributed by atoms with van der Waals surface area (Å²) in [6, 6.07) is 8.56. The van der Waals surface area contributed by atoms with Gasteiger partial charge in [0.05, 0.1) is 42.9 Å². The highest BCUT2D eigenvalue weighted by Gasteiger charge is 2.39. The van der Waals surface area contributed by atoms with Crippen LogP contribution in [0.15, 0.2) is 71.5 Å². The average molecular weight is 1160 g/mol. The van der Waals surface area contributed by atoms with Crippen molar-refractivity contribution < 1.29 is 52.7 Å². The normalized spacial score (nSPS) is 14.7. The molecule has 6 aromatic rings. The van der Waals surface area contributed by atoms with Crippen molar-refractivity contribution in [3.63, 3.8) is 0 Å². The molecule has 2 saturated carbocycles. The van der Waals surface area contributed by atoms with Gasteiger partial charge in [0.2, 0.25) is 0 Å². The maximum absolute atomic E-state index is 13.5. The van der Waals surface area contributed by atoms with E-state index in [9.17, 15) is 52.7 Å². The monoisotopic (exact) mass is 1160 g/mol. The molecule has 0 bridgehead atoms. The van der Waals surface area contributed by atoms with Gasteiger partial charge in [0.1, 0.15) is 11.6 Å². The van der Waals surface area contributed by atoms with Crippen LogP contribution >= 0.6 is 15.9 Å². The molecule has 77 heavy (non-hydrogen) atoms. The molecule has 0 amide bonds.